The highest BCUT2D eigenvalue weighted by molar-refractivity contribution is 6.01. The van der Waals surface area contributed by atoms with E-state index < -0.39 is 17.6 Å². The number of aliphatic hydroxyl groups is 2. The fourth-order valence-electron chi connectivity index (χ4n) is 5.86. The quantitative estimate of drug-likeness (QED) is 0.338. The highest BCUT2D eigenvalue weighted by Crippen LogP contribution is 2.44. The standard InChI is InChI=1S/C28H32FN3O3/c1-4-23(33)32-11-10-17-15(14-32)6-5-7-18(17)24-21(29)13-20(27(30)34)26-25(24)19-9-8-16(28(2,3)35)12-22(19)31-26/h4-7,13,16,27,31,34-35H,1,8-12,14,30H2,2-3H3. The van der Waals surface area contributed by atoms with Crippen molar-refractivity contribution in [2.45, 2.75) is 57.9 Å². The molecule has 5 rings (SSSR count). The molecule has 1 aliphatic carbocycles. The summed E-state index contributed by atoms with van der Waals surface area (Å²) in [6, 6.07) is 7.14. The molecule has 2 unspecified atom stereocenters. The third-order valence-electron chi connectivity index (χ3n) is 7.78. The minimum Gasteiger partial charge on any atom is -0.390 e. The van der Waals surface area contributed by atoms with Crippen LogP contribution in [-0.2, 0) is 30.6 Å². The minimum atomic E-state index is -1.32. The first-order valence-corrected chi connectivity index (χ1v) is 12.1. The number of hydrogen-bond acceptors (Lipinski definition) is 4. The number of H-pyrrole nitrogens is 1. The van der Waals surface area contributed by atoms with Gasteiger partial charge in [0.2, 0.25) is 5.91 Å². The number of nitrogens with zero attached hydrogens (tertiary/aromatic N) is 1. The van der Waals surface area contributed by atoms with Gasteiger partial charge in [0.15, 0.2) is 0 Å². The lowest BCUT2D eigenvalue weighted by Gasteiger charge is -2.32. The number of nitrogens with two attached hydrogens (primary N) is 1. The van der Waals surface area contributed by atoms with Crippen molar-refractivity contribution in [2.24, 2.45) is 11.7 Å². The number of nitrogens with one attached hydrogen (secondary N) is 1. The number of carbonyl (C=O) groups is 1. The van der Waals surface area contributed by atoms with Crippen molar-refractivity contribution in [3.05, 3.63) is 70.7 Å². The van der Waals surface area contributed by atoms with Crippen LogP contribution in [-0.4, -0.2) is 38.1 Å². The summed E-state index contributed by atoms with van der Waals surface area (Å²) in [7, 11) is 0. The Balaban J connectivity index is 1.71. The van der Waals surface area contributed by atoms with E-state index in [0.29, 0.717) is 49.0 Å². The van der Waals surface area contributed by atoms with Crippen LogP contribution in [0.3, 0.4) is 0 Å². The fraction of sp³-hybridized carbons (Fsp3) is 0.393. The molecule has 5 N–H and O–H groups in total. The van der Waals surface area contributed by atoms with Gasteiger partial charge >= 0.3 is 0 Å². The summed E-state index contributed by atoms with van der Waals surface area (Å²) in [5.74, 6) is -0.473. The summed E-state index contributed by atoms with van der Waals surface area (Å²) in [6.45, 7) is 8.23. The fourth-order valence-corrected chi connectivity index (χ4v) is 5.86. The van der Waals surface area contributed by atoms with Gasteiger partial charge in [-0.15, -0.1) is 0 Å². The molecule has 0 saturated heterocycles. The molecule has 3 aromatic rings. The molecule has 7 heteroatoms. The largest absolute Gasteiger partial charge is 0.390 e. The lowest BCUT2D eigenvalue weighted by atomic mass is 9.77. The molecule has 35 heavy (non-hydrogen) atoms. The lowest BCUT2D eigenvalue weighted by molar-refractivity contribution is -0.126. The zero-order chi connectivity index (χ0) is 25.1. The maximum Gasteiger partial charge on any atom is 0.246 e. The van der Waals surface area contributed by atoms with Gasteiger partial charge < -0.3 is 25.8 Å². The maximum atomic E-state index is 15.9. The molecule has 0 saturated carbocycles. The molecule has 184 valence electrons. The van der Waals surface area contributed by atoms with Gasteiger partial charge in [-0.05, 0) is 79.8 Å². The molecule has 0 spiro atoms. The Labute approximate surface area is 204 Å². The monoisotopic (exact) mass is 477 g/mol. The zero-order valence-electron chi connectivity index (χ0n) is 20.2. The molecule has 2 aliphatic rings. The summed E-state index contributed by atoms with van der Waals surface area (Å²) >= 11 is 0. The Bertz CT molecular complexity index is 1340. The predicted molar refractivity (Wildman–Crippen MR) is 134 cm³/mol. The first-order valence-electron chi connectivity index (χ1n) is 12.1. The van der Waals surface area contributed by atoms with Gasteiger partial charge in [-0.2, -0.15) is 0 Å². The van der Waals surface area contributed by atoms with Gasteiger partial charge in [0.25, 0.3) is 0 Å². The van der Waals surface area contributed by atoms with E-state index in [0.717, 1.165) is 39.8 Å². The third-order valence-corrected chi connectivity index (χ3v) is 7.78. The molecule has 2 atom stereocenters. The van der Waals surface area contributed by atoms with Crippen molar-refractivity contribution in [2.75, 3.05) is 6.54 Å². The van der Waals surface area contributed by atoms with E-state index in [1.807, 2.05) is 32.0 Å². The second-order valence-corrected chi connectivity index (χ2v) is 10.4. The van der Waals surface area contributed by atoms with Crippen molar-refractivity contribution >= 4 is 16.8 Å². The van der Waals surface area contributed by atoms with Gasteiger partial charge in [0, 0.05) is 35.3 Å². The second-order valence-electron chi connectivity index (χ2n) is 10.4. The number of fused-ring (bicyclic) bond motifs is 4. The number of carbonyl (C=O) groups excluding carboxylic acids is 1. The summed E-state index contributed by atoms with van der Waals surface area (Å²) in [4.78, 5) is 17.4. The molecular weight excluding hydrogens is 445 g/mol. The van der Waals surface area contributed by atoms with E-state index in [1.54, 1.807) is 4.90 Å². The number of aromatic amines is 1. The van der Waals surface area contributed by atoms with Crippen LogP contribution in [0.25, 0.3) is 22.0 Å². The molecule has 0 radical (unpaired) electrons. The van der Waals surface area contributed by atoms with Gasteiger partial charge in [-0.25, -0.2) is 4.39 Å². The second kappa shape index (κ2) is 8.59. The van der Waals surface area contributed by atoms with Crippen LogP contribution < -0.4 is 5.73 Å². The summed E-state index contributed by atoms with van der Waals surface area (Å²) in [5, 5.41) is 21.6. The Kier molecular flexibility index (Phi) is 5.82. The molecule has 2 aromatic carbocycles. The zero-order valence-corrected chi connectivity index (χ0v) is 20.2. The third kappa shape index (κ3) is 3.97. The van der Waals surface area contributed by atoms with Crippen LogP contribution in [0, 0.1) is 11.7 Å². The normalized spacial score (nSPS) is 18.8. The first kappa shape index (κ1) is 23.7. The van der Waals surface area contributed by atoms with Crippen LogP contribution in [0.15, 0.2) is 36.9 Å². The van der Waals surface area contributed by atoms with E-state index in [4.69, 9.17) is 5.73 Å². The Morgan fingerprint density at radius 2 is 2.11 bits per heavy atom. The van der Waals surface area contributed by atoms with Crippen LogP contribution in [0.4, 0.5) is 4.39 Å². The number of benzene rings is 2. The number of aromatic nitrogens is 1. The van der Waals surface area contributed by atoms with Crippen molar-refractivity contribution in [1.82, 2.24) is 9.88 Å². The maximum absolute atomic E-state index is 15.9. The summed E-state index contributed by atoms with van der Waals surface area (Å²) in [5.41, 5.74) is 11.3. The van der Waals surface area contributed by atoms with Crippen molar-refractivity contribution in [1.29, 1.82) is 0 Å². The number of rotatable bonds is 4. The van der Waals surface area contributed by atoms with E-state index in [9.17, 15) is 15.0 Å². The smallest absolute Gasteiger partial charge is 0.246 e. The van der Waals surface area contributed by atoms with Crippen LogP contribution in [0.1, 0.15) is 54.4 Å². The highest BCUT2D eigenvalue weighted by Gasteiger charge is 2.34. The van der Waals surface area contributed by atoms with Gasteiger partial charge in [0.1, 0.15) is 12.0 Å². The van der Waals surface area contributed by atoms with Gasteiger partial charge in [-0.1, -0.05) is 24.8 Å². The average Bonchev–Trinajstić information content (AvgIpc) is 3.20. The Hall–Kier alpha value is -3.00. The molecule has 2 heterocycles. The van der Waals surface area contributed by atoms with E-state index in [2.05, 4.69) is 11.6 Å². The van der Waals surface area contributed by atoms with E-state index in [1.165, 1.54) is 12.1 Å². The van der Waals surface area contributed by atoms with Crippen LogP contribution in [0.5, 0.6) is 0 Å². The molecule has 6 nitrogen and oxygen atoms in total. The van der Waals surface area contributed by atoms with Gasteiger partial charge in [0.05, 0.1) is 11.1 Å². The van der Waals surface area contributed by atoms with E-state index >= 15 is 4.39 Å². The molecular formula is C28H32FN3O3. The molecule has 0 fully saturated rings. The average molecular weight is 478 g/mol. The first-order chi connectivity index (χ1) is 16.6. The number of hydrogen-bond donors (Lipinski definition) is 4. The van der Waals surface area contributed by atoms with Crippen molar-refractivity contribution in [3.8, 4) is 11.1 Å². The predicted octanol–water partition coefficient (Wildman–Crippen LogP) is 3.87. The minimum absolute atomic E-state index is 0.0699. The van der Waals surface area contributed by atoms with E-state index in [-0.39, 0.29) is 11.8 Å². The Morgan fingerprint density at radius 3 is 2.80 bits per heavy atom. The molecule has 1 amide bonds. The van der Waals surface area contributed by atoms with Crippen molar-refractivity contribution < 1.29 is 19.4 Å². The Morgan fingerprint density at radius 1 is 1.34 bits per heavy atom. The van der Waals surface area contributed by atoms with Crippen LogP contribution >= 0.6 is 0 Å². The lowest BCUT2D eigenvalue weighted by Crippen LogP contribution is -2.35. The number of aryl methyl sites for hydroxylation is 1. The molecule has 1 aliphatic heterocycles. The van der Waals surface area contributed by atoms with Crippen LogP contribution in [0.2, 0.25) is 0 Å². The highest BCUT2D eigenvalue weighted by atomic mass is 19.1. The van der Waals surface area contributed by atoms with Gasteiger partial charge in [-0.3, -0.25) is 4.79 Å². The van der Waals surface area contributed by atoms with Crippen molar-refractivity contribution in [3.63, 3.8) is 0 Å². The molecule has 0 bridgehead atoms. The SMILES string of the molecule is C=CC(=O)N1CCc2c(cccc2-c2c(F)cc(C(N)O)c3[nH]c4c(c23)CCC(C(C)(C)O)C4)C1. The summed E-state index contributed by atoms with van der Waals surface area (Å²) < 4.78 is 15.9. The topological polar surface area (TPSA) is 103 Å². The molecule has 1 aromatic heterocycles. The number of aliphatic hydroxyl groups excluding tert-OH is 1. The number of halogens is 1. The number of amides is 1. The summed E-state index contributed by atoms with van der Waals surface area (Å²) in [6.07, 6.45) is 2.72.